The van der Waals surface area contributed by atoms with Gasteiger partial charge >= 0.3 is 11.5 Å². The Balaban J connectivity index is 1.36. The molecule has 330 valence electrons. The number of benzene rings is 7. The van der Waals surface area contributed by atoms with Gasteiger partial charge in [-0.15, -0.1) is 9.13 Å². The first kappa shape index (κ1) is 41.6. The summed E-state index contributed by atoms with van der Waals surface area (Å²) in [7, 11) is -1.90. The molecule has 5 heteroatoms. The number of rotatable bonds is 6. The second kappa shape index (κ2) is 14.6. The van der Waals surface area contributed by atoms with Crippen molar-refractivity contribution in [2.45, 2.75) is 91.0 Å². The van der Waals surface area contributed by atoms with Crippen LogP contribution in [0, 0.1) is 0 Å². The summed E-state index contributed by atoms with van der Waals surface area (Å²) in [6, 6.07) is 59.4. The van der Waals surface area contributed by atoms with Crippen molar-refractivity contribution >= 4 is 46.2 Å². The van der Waals surface area contributed by atoms with Gasteiger partial charge in [0.2, 0.25) is 5.69 Å². The normalized spacial score (nSPS) is 15.3. The molecule has 0 N–H and O–H groups in total. The van der Waals surface area contributed by atoms with E-state index in [0.717, 1.165) is 44.5 Å². The van der Waals surface area contributed by atoms with E-state index in [4.69, 9.17) is 4.42 Å². The van der Waals surface area contributed by atoms with Gasteiger partial charge in [-0.25, -0.2) is 0 Å². The summed E-state index contributed by atoms with van der Waals surface area (Å²) in [6.07, 6.45) is 2.59. The Labute approximate surface area is 395 Å². The van der Waals surface area contributed by atoms with Gasteiger partial charge in [-0.1, -0.05) is 165 Å². The molecule has 7 aromatic carbocycles. The molecular weight excluding hydrogens is 831 g/mol. The van der Waals surface area contributed by atoms with Crippen molar-refractivity contribution in [1.82, 2.24) is 4.57 Å². The van der Waals surface area contributed by atoms with E-state index in [9.17, 15) is 0 Å². The minimum atomic E-state index is -1.90. The summed E-state index contributed by atoms with van der Waals surface area (Å²) in [5.74, 6) is 1.83. The van der Waals surface area contributed by atoms with Gasteiger partial charge < -0.3 is 4.42 Å². The van der Waals surface area contributed by atoms with Crippen LogP contribution in [0.3, 0.4) is 0 Å². The number of pyridine rings is 1. The fourth-order valence-electron chi connectivity index (χ4n) is 11.6. The third-order valence-electron chi connectivity index (χ3n) is 14.9. The topological polar surface area (TPSA) is 25.8 Å². The molecule has 3 aromatic heterocycles. The number of fused-ring (bicyclic) bond motifs is 16. The number of aromatic nitrogens is 3. The number of imidazole rings is 1. The summed E-state index contributed by atoms with van der Waals surface area (Å²) in [5.41, 5.74) is 19.4. The molecule has 0 radical (unpaired) electrons. The molecule has 5 heterocycles. The maximum atomic E-state index is 7.27. The summed E-state index contributed by atoms with van der Waals surface area (Å²) in [4.78, 5) is 0. The highest BCUT2D eigenvalue weighted by atomic mass is 28.3. The molecule has 1 unspecified atom stereocenters. The summed E-state index contributed by atoms with van der Waals surface area (Å²) < 4.78 is 15.3. The average molecular weight is 890 g/mol. The minimum Gasteiger partial charge on any atom is -0.455 e. The van der Waals surface area contributed by atoms with Crippen LogP contribution >= 0.6 is 0 Å². The molecular formula is C62H59N3OSi+2. The molecule has 12 rings (SSSR count). The molecule has 0 saturated heterocycles. The fourth-order valence-corrected chi connectivity index (χ4v) is 13.3. The summed E-state index contributed by atoms with van der Waals surface area (Å²) in [5, 5.41) is 3.76. The van der Waals surface area contributed by atoms with Crippen LogP contribution < -0.4 is 14.3 Å². The molecule has 1 atom stereocenters. The van der Waals surface area contributed by atoms with Crippen LogP contribution in [0.25, 0.3) is 83.6 Å². The highest BCUT2D eigenvalue weighted by Gasteiger charge is 2.67. The molecule has 0 amide bonds. The van der Waals surface area contributed by atoms with Gasteiger partial charge in [0.15, 0.2) is 22.8 Å². The van der Waals surface area contributed by atoms with E-state index in [1.54, 1.807) is 0 Å². The van der Waals surface area contributed by atoms with Crippen LogP contribution in [0.2, 0.25) is 19.6 Å². The predicted octanol–water partition coefficient (Wildman–Crippen LogP) is 14.8. The zero-order valence-electron chi connectivity index (χ0n) is 40.5. The molecule has 0 fully saturated rings. The Morgan fingerprint density at radius 1 is 0.612 bits per heavy atom. The maximum Gasteiger partial charge on any atom is 0.364 e. The van der Waals surface area contributed by atoms with Crippen molar-refractivity contribution in [3.63, 3.8) is 0 Å². The predicted molar refractivity (Wildman–Crippen MR) is 281 cm³/mol. The molecule has 2 aliphatic heterocycles. The fraction of sp³-hybridized carbons (Fsp3) is 0.226. The number of nitrogens with zero attached hydrogens (tertiary/aromatic N) is 3. The zero-order chi connectivity index (χ0) is 46.3. The lowest BCUT2D eigenvalue weighted by atomic mass is 9.82. The van der Waals surface area contributed by atoms with Crippen LogP contribution in [0.5, 0.6) is 0 Å². The third-order valence-corrected chi connectivity index (χ3v) is 16.9. The van der Waals surface area contributed by atoms with Crippen molar-refractivity contribution in [2.75, 3.05) is 0 Å². The largest absolute Gasteiger partial charge is 0.455 e. The summed E-state index contributed by atoms with van der Waals surface area (Å²) in [6.45, 7) is 23.9. The molecule has 0 bridgehead atoms. The second-order valence-electron chi connectivity index (χ2n) is 21.8. The van der Waals surface area contributed by atoms with Gasteiger partial charge in [-0.3, -0.25) is 0 Å². The smallest absolute Gasteiger partial charge is 0.364 e. The molecule has 10 aromatic rings. The Morgan fingerprint density at radius 3 is 1.90 bits per heavy atom. The van der Waals surface area contributed by atoms with Gasteiger partial charge in [-0.05, 0) is 99.7 Å². The van der Waals surface area contributed by atoms with Crippen LogP contribution in [0.15, 0.2) is 168 Å². The molecule has 0 aliphatic carbocycles. The minimum absolute atomic E-state index is 0.108. The Morgan fingerprint density at radius 2 is 1.25 bits per heavy atom. The molecule has 4 nitrogen and oxygen atoms in total. The lowest BCUT2D eigenvalue weighted by Gasteiger charge is -2.25. The van der Waals surface area contributed by atoms with Gasteiger partial charge in [-0.2, -0.15) is 4.57 Å². The number of hydrogen-bond donors (Lipinski definition) is 0. The van der Waals surface area contributed by atoms with Gasteiger partial charge in [0, 0.05) is 33.2 Å². The number of hydrogen-bond acceptors (Lipinski definition) is 1. The van der Waals surface area contributed by atoms with E-state index in [2.05, 4.69) is 246 Å². The lowest BCUT2D eigenvalue weighted by Crippen LogP contribution is -2.72. The maximum absolute atomic E-state index is 7.27. The van der Waals surface area contributed by atoms with E-state index in [1.807, 2.05) is 0 Å². The monoisotopic (exact) mass is 889 g/mol. The Kier molecular flexibility index (Phi) is 9.06. The van der Waals surface area contributed by atoms with Crippen LogP contribution in [0.4, 0.5) is 0 Å². The zero-order valence-corrected chi connectivity index (χ0v) is 41.5. The quantitative estimate of drug-likeness (QED) is 0.121. The van der Waals surface area contributed by atoms with E-state index >= 15 is 0 Å². The van der Waals surface area contributed by atoms with Crippen molar-refractivity contribution in [1.29, 1.82) is 0 Å². The standard InChI is InChI=1S/C62H59N3OSi/c1-38(2)42-29-30-46-51(33-42)62(63-37-56(67(8,9)10)47(39(3)4)36-54(46)63)50-32-31-45-44-25-17-20-28-55(44)66-59(45)57(50)60-64(52-26-18-19-27-53(52)65(60)62)58-48(40-21-13-11-14-22-40)34-43(61(5,6)7)35-49(58)41-23-15-12-16-24-41/h11-39H,1-10H3/q+2. The average Bonchev–Trinajstić information content (AvgIpc) is 4.04. The molecule has 67 heavy (non-hydrogen) atoms. The third kappa shape index (κ3) is 5.89. The Bertz CT molecular complexity index is 3590. The van der Waals surface area contributed by atoms with Crippen molar-refractivity contribution in [3.05, 3.63) is 192 Å². The van der Waals surface area contributed by atoms with Crippen LogP contribution in [-0.2, 0) is 11.1 Å². The van der Waals surface area contributed by atoms with Crippen molar-refractivity contribution < 1.29 is 13.6 Å². The lowest BCUT2D eigenvalue weighted by molar-refractivity contribution is -0.944. The van der Waals surface area contributed by atoms with Crippen molar-refractivity contribution in [3.8, 4) is 50.6 Å². The first-order chi connectivity index (χ1) is 32.2. The van der Waals surface area contributed by atoms with Gasteiger partial charge in [0.1, 0.15) is 16.8 Å². The second-order valence-corrected chi connectivity index (χ2v) is 26.8. The number of furan rings is 1. The highest BCUT2D eigenvalue weighted by molar-refractivity contribution is 6.89. The molecule has 1 spiro atoms. The van der Waals surface area contributed by atoms with Crippen LogP contribution in [-0.4, -0.2) is 12.6 Å². The first-order valence-corrected chi connectivity index (χ1v) is 27.7. The van der Waals surface area contributed by atoms with E-state index < -0.39 is 13.7 Å². The number of para-hydroxylation sites is 3. The SMILES string of the molecule is CC(C)c1ccc2c(c1)C1(c3ccc4c(oc5ccccc54)c3-c3n(-c4c(-c5ccccc5)cc(C(C)(C)C)cc4-c4ccccc4)c4ccccc4[n+]31)[n+]1cc([Si](C)(C)C)c(C(C)C)cc1-2. The Hall–Kier alpha value is -6.82. The first-order valence-electron chi connectivity index (χ1n) is 24.2. The van der Waals surface area contributed by atoms with Crippen LogP contribution in [0.1, 0.15) is 88.1 Å². The highest BCUT2D eigenvalue weighted by Crippen LogP contribution is 2.54. The summed E-state index contributed by atoms with van der Waals surface area (Å²) >= 11 is 0. The van der Waals surface area contributed by atoms with E-state index in [1.165, 1.54) is 72.0 Å². The van der Waals surface area contributed by atoms with Gasteiger partial charge in [0.25, 0.3) is 0 Å². The van der Waals surface area contributed by atoms with Gasteiger partial charge in [0.05, 0.1) is 24.8 Å². The van der Waals surface area contributed by atoms with E-state index in [0.29, 0.717) is 11.8 Å². The molecule has 2 aliphatic rings. The van der Waals surface area contributed by atoms with Crippen molar-refractivity contribution in [2.24, 2.45) is 0 Å². The van der Waals surface area contributed by atoms with E-state index in [-0.39, 0.29) is 5.41 Å². The molecule has 0 saturated carbocycles.